The molecule has 0 bridgehead atoms. The number of rotatable bonds is 2. The smallest absolute Gasteiger partial charge is 0.000297 e. The van der Waals surface area contributed by atoms with Crippen molar-refractivity contribution >= 4 is 0 Å². The van der Waals surface area contributed by atoms with E-state index in [-0.39, 0.29) is 20.4 Å². The maximum atomic E-state index is 4.29. The molecule has 3 heteroatoms. The molecule has 11 heavy (non-hydrogen) atoms. The van der Waals surface area contributed by atoms with Gasteiger partial charge in [0, 0.05) is 27.0 Å². The molecule has 1 aliphatic heterocycles. The zero-order chi connectivity index (χ0) is 7.40. The Bertz CT molecular complexity index is 90.1. The summed E-state index contributed by atoms with van der Waals surface area (Å²) in [6.07, 6.45) is 0. The maximum Gasteiger partial charge on any atom is 0.000297 e. The van der Waals surface area contributed by atoms with E-state index in [9.17, 15) is 0 Å². The second-order valence-electron chi connectivity index (χ2n) is 3.37. The first-order valence-corrected chi connectivity index (χ1v) is 4.14. The molecule has 0 amide bonds. The van der Waals surface area contributed by atoms with Gasteiger partial charge >= 0.3 is 0 Å². The third kappa shape index (κ3) is 4.92. The van der Waals surface area contributed by atoms with Crippen LogP contribution in [0.2, 0.25) is 0 Å². The van der Waals surface area contributed by atoms with Crippen LogP contribution in [0.25, 0.3) is 5.32 Å². The van der Waals surface area contributed by atoms with Crippen molar-refractivity contribution in [1.82, 2.24) is 4.90 Å². The van der Waals surface area contributed by atoms with Gasteiger partial charge in [0.25, 0.3) is 0 Å². The van der Waals surface area contributed by atoms with Crippen molar-refractivity contribution in [2.75, 3.05) is 32.7 Å². The van der Waals surface area contributed by atoms with Crippen LogP contribution in [0.4, 0.5) is 0 Å². The van der Waals surface area contributed by atoms with Gasteiger partial charge in [0.15, 0.2) is 0 Å². The molecule has 0 atom stereocenters. The average molecular weight is 327 g/mol. The monoisotopic (exact) mass is 328 g/mol. The van der Waals surface area contributed by atoms with Crippen molar-refractivity contribution < 1.29 is 20.4 Å². The molecule has 1 heterocycles. The Kier molecular flexibility index (Phi) is 6.46. The van der Waals surface area contributed by atoms with Crippen molar-refractivity contribution in [1.29, 1.82) is 0 Å². The standard InChI is InChI=1S/C8H17N2.Re/c1-8(2)7-10-5-3-9-4-6-10;/h8H,3-7H2,1-2H3;/q-1;. The van der Waals surface area contributed by atoms with Crippen molar-refractivity contribution in [3.05, 3.63) is 5.32 Å². The normalized spacial score (nSPS) is 19.9. The molecule has 0 aromatic heterocycles. The zero-order valence-corrected chi connectivity index (χ0v) is 10.1. The Morgan fingerprint density at radius 1 is 1.27 bits per heavy atom. The third-order valence-corrected chi connectivity index (χ3v) is 1.77. The summed E-state index contributed by atoms with van der Waals surface area (Å²) in [6, 6.07) is 0. The Morgan fingerprint density at radius 3 is 2.27 bits per heavy atom. The van der Waals surface area contributed by atoms with E-state index in [0.29, 0.717) is 0 Å². The van der Waals surface area contributed by atoms with Crippen LogP contribution in [0.3, 0.4) is 0 Å². The molecular weight excluding hydrogens is 310 g/mol. The van der Waals surface area contributed by atoms with Gasteiger partial charge in [0.2, 0.25) is 0 Å². The fourth-order valence-corrected chi connectivity index (χ4v) is 1.35. The molecule has 0 saturated carbocycles. The summed E-state index contributed by atoms with van der Waals surface area (Å²) in [4.78, 5) is 2.50. The second-order valence-corrected chi connectivity index (χ2v) is 3.37. The average Bonchev–Trinajstić information content (AvgIpc) is 1.88. The Balaban J connectivity index is 0.000001000. The van der Waals surface area contributed by atoms with E-state index in [4.69, 9.17) is 0 Å². The molecule has 0 spiro atoms. The van der Waals surface area contributed by atoms with E-state index >= 15 is 0 Å². The van der Waals surface area contributed by atoms with Gasteiger partial charge in [-0.3, -0.25) is 0 Å². The molecule has 0 N–H and O–H groups in total. The first kappa shape index (κ1) is 11.6. The summed E-state index contributed by atoms with van der Waals surface area (Å²) < 4.78 is 0. The Labute approximate surface area is 83.4 Å². The SMILES string of the molecule is CC(C)CN1CC[N-]CC1.[Re]. The Morgan fingerprint density at radius 2 is 1.82 bits per heavy atom. The fraction of sp³-hybridized carbons (Fsp3) is 1.00. The van der Waals surface area contributed by atoms with Crippen LogP contribution in [-0.4, -0.2) is 37.6 Å². The molecule has 0 aromatic rings. The summed E-state index contributed by atoms with van der Waals surface area (Å²) >= 11 is 0. The predicted octanol–water partition coefficient (Wildman–Crippen LogP) is 1.33. The minimum atomic E-state index is 0. The molecule has 0 aromatic carbocycles. The van der Waals surface area contributed by atoms with E-state index in [0.717, 1.165) is 19.0 Å². The first-order chi connectivity index (χ1) is 4.79. The topological polar surface area (TPSA) is 17.3 Å². The molecule has 1 fully saturated rings. The van der Waals surface area contributed by atoms with Crippen LogP contribution >= 0.6 is 0 Å². The molecular formula is C8H17N2Re-. The van der Waals surface area contributed by atoms with E-state index < -0.39 is 0 Å². The number of hydrogen-bond acceptors (Lipinski definition) is 1. The van der Waals surface area contributed by atoms with Gasteiger partial charge in [-0.1, -0.05) is 13.8 Å². The van der Waals surface area contributed by atoms with Gasteiger partial charge in [-0.05, 0) is 19.0 Å². The van der Waals surface area contributed by atoms with Crippen LogP contribution in [0.15, 0.2) is 0 Å². The minimum absolute atomic E-state index is 0. The fourth-order valence-electron chi connectivity index (χ4n) is 1.35. The molecule has 1 rings (SSSR count). The zero-order valence-electron chi connectivity index (χ0n) is 7.39. The van der Waals surface area contributed by atoms with E-state index in [2.05, 4.69) is 24.1 Å². The van der Waals surface area contributed by atoms with Crippen molar-refractivity contribution in [2.24, 2.45) is 5.92 Å². The van der Waals surface area contributed by atoms with E-state index in [1.807, 2.05) is 0 Å². The third-order valence-electron chi connectivity index (χ3n) is 1.77. The van der Waals surface area contributed by atoms with Gasteiger partial charge in [-0.2, -0.15) is 0 Å². The summed E-state index contributed by atoms with van der Waals surface area (Å²) in [5.41, 5.74) is 0. The van der Waals surface area contributed by atoms with Crippen molar-refractivity contribution in [3.63, 3.8) is 0 Å². The van der Waals surface area contributed by atoms with Crippen LogP contribution in [0.5, 0.6) is 0 Å². The van der Waals surface area contributed by atoms with Crippen LogP contribution < -0.4 is 0 Å². The number of nitrogens with zero attached hydrogens (tertiary/aromatic N) is 2. The first-order valence-electron chi connectivity index (χ1n) is 4.14. The molecule has 1 aliphatic rings. The molecule has 0 aliphatic carbocycles. The second kappa shape index (κ2) is 6.14. The molecule has 2 nitrogen and oxygen atoms in total. The maximum absolute atomic E-state index is 4.29. The summed E-state index contributed by atoms with van der Waals surface area (Å²) in [5, 5.41) is 4.29. The van der Waals surface area contributed by atoms with Crippen LogP contribution in [0, 0.1) is 5.92 Å². The number of piperazine rings is 1. The van der Waals surface area contributed by atoms with Crippen molar-refractivity contribution in [3.8, 4) is 0 Å². The largest absolute Gasteiger partial charge is 0.660 e. The summed E-state index contributed by atoms with van der Waals surface area (Å²) in [6.45, 7) is 10.2. The number of hydrogen-bond donors (Lipinski definition) is 0. The van der Waals surface area contributed by atoms with E-state index in [1.54, 1.807) is 0 Å². The van der Waals surface area contributed by atoms with Gasteiger partial charge in [0.05, 0.1) is 0 Å². The quantitative estimate of drug-likeness (QED) is 0.748. The summed E-state index contributed by atoms with van der Waals surface area (Å²) in [7, 11) is 0. The molecule has 0 unspecified atom stereocenters. The van der Waals surface area contributed by atoms with E-state index in [1.165, 1.54) is 19.6 Å². The minimum Gasteiger partial charge on any atom is -0.660 e. The van der Waals surface area contributed by atoms with Crippen LogP contribution in [0.1, 0.15) is 13.8 Å². The molecule has 1 radical (unpaired) electrons. The van der Waals surface area contributed by atoms with Crippen molar-refractivity contribution in [2.45, 2.75) is 13.8 Å². The predicted molar refractivity (Wildman–Crippen MR) is 44.4 cm³/mol. The van der Waals surface area contributed by atoms with Gasteiger partial charge in [-0.15, -0.1) is 13.1 Å². The molecule has 1 saturated heterocycles. The van der Waals surface area contributed by atoms with Gasteiger partial charge in [-0.25, -0.2) is 0 Å². The van der Waals surface area contributed by atoms with Gasteiger partial charge < -0.3 is 10.2 Å². The van der Waals surface area contributed by atoms with Gasteiger partial charge in [0.1, 0.15) is 0 Å². The molecule has 67 valence electrons. The summed E-state index contributed by atoms with van der Waals surface area (Å²) in [5.74, 6) is 0.804. The van der Waals surface area contributed by atoms with Crippen LogP contribution in [-0.2, 0) is 20.4 Å². The Hall–Kier alpha value is 0.582.